The Balaban J connectivity index is 3.64. The van der Waals surface area contributed by atoms with Gasteiger partial charge in [0.15, 0.2) is 0 Å². The molecule has 0 aliphatic heterocycles. The van der Waals surface area contributed by atoms with Gasteiger partial charge >= 0.3 is 0 Å². The molecule has 1 nitrogen and oxygen atoms in total. The normalized spacial score (nSPS) is 15.9. The van der Waals surface area contributed by atoms with Gasteiger partial charge in [0.1, 0.15) is 6.29 Å². The van der Waals surface area contributed by atoms with Crippen LogP contribution in [0.5, 0.6) is 0 Å². The molecular formula is C10H20O. The molecule has 0 heterocycles. The van der Waals surface area contributed by atoms with E-state index in [-0.39, 0.29) is 5.92 Å². The zero-order valence-corrected chi connectivity index (χ0v) is 7.97. The van der Waals surface area contributed by atoms with Crippen molar-refractivity contribution < 1.29 is 4.79 Å². The summed E-state index contributed by atoms with van der Waals surface area (Å²) in [6, 6.07) is 0. The quantitative estimate of drug-likeness (QED) is 0.540. The van der Waals surface area contributed by atoms with Crippen molar-refractivity contribution in [3.8, 4) is 0 Å². The first kappa shape index (κ1) is 10.7. The van der Waals surface area contributed by atoms with Crippen LogP contribution >= 0.6 is 0 Å². The monoisotopic (exact) mass is 156 g/mol. The van der Waals surface area contributed by atoms with Gasteiger partial charge in [-0.15, -0.1) is 0 Å². The van der Waals surface area contributed by atoms with Crippen LogP contribution in [0.15, 0.2) is 0 Å². The van der Waals surface area contributed by atoms with Crippen LogP contribution in [0.2, 0.25) is 0 Å². The standard InChI is InChI=1S/C10H20O/c1-4-6-7-10(5-2)9(3)8-11/h8-10H,4-7H2,1-3H3. The molecule has 0 aromatic rings. The van der Waals surface area contributed by atoms with Gasteiger partial charge in [0.05, 0.1) is 0 Å². The Bertz CT molecular complexity index is 99.0. The second kappa shape index (κ2) is 6.38. The third-order valence-electron chi connectivity index (χ3n) is 2.41. The van der Waals surface area contributed by atoms with E-state index in [4.69, 9.17) is 0 Å². The molecule has 0 fully saturated rings. The molecule has 0 bridgehead atoms. The van der Waals surface area contributed by atoms with E-state index in [0.717, 1.165) is 12.7 Å². The summed E-state index contributed by atoms with van der Waals surface area (Å²) in [6.07, 6.45) is 5.94. The minimum absolute atomic E-state index is 0.256. The van der Waals surface area contributed by atoms with Gasteiger partial charge in [-0.25, -0.2) is 0 Å². The van der Waals surface area contributed by atoms with Gasteiger partial charge in [-0.3, -0.25) is 0 Å². The van der Waals surface area contributed by atoms with Gasteiger partial charge in [-0.05, 0) is 12.3 Å². The number of hydrogen-bond donors (Lipinski definition) is 0. The van der Waals surface area contributed by atoms with E-state index in [2.05, 4.69) is 13.8 Å². The highest BCUT2D eigenvalue weighted by molar-refractivity contribution is 5.53. The summed E-state index contributed by atoms with van der Waals surface area (Å²) in [5.74, 6) is 0.874. The van der Waals surface area contributed by atoms with E-state index in [1.807, 2.05) is 6.92 Å². The summed E-state index contributed by atoms with van der Waals surface area (Å²) in [5.41, 5.74) is 0. The van der Waals surface area contributed by atoms with Crippen LogP contribution in [0.25, 0.3) is 0 Å². The molecule has 0 spiro atoms. The largest absolute Gasteiger partial charge is 0.303 e. The number of hydrogen-bond acceptors (Lipinski definition) is 1. The Labute approximate surface area is 70.2 Å². The van der Waals surface area contributed by atoms with E-state index in [1.165, 1.54) is 19.3 Å². The lowest BCUT2D eigenvalue weighted by molar-refractivity contribution is -0.112. The first-order valence-corrected chi connectivity index (χ1v) is 4.71. The predicted molar refractivity (Wildman–Crippen MR) is 48.5 cm³/mol. The van der Waals surface area contributed by atoms with Crippen LogP contribution in [0.1, 0.15) is 46.5 Å². The smallest absolute Gasteiger partial charge is 0.123 e. The first-order valence-electron chi connectivity index (χ1n) is 4.71. The molecule has 0 aromatic heterocycles. The maximum atomic E-state index is 10.5. The summed E-state index contributed by atoms with van der Waals surface area (Å²) in [6.45, 7) is 6.38. The Morgan fingerprint density at radius 3 is 2.36 bits per heavy atom. The highest BCUT2D eigenvalue weighted by Gasteiger charge is 2.12. The van der Waals surface area contributed by atoms with Crippen LogP contribution in [-0.2, 0) is 4.79 Å². The molecule has 2 atom stereocenters. The number of carbonyl (C=O) groups is 1. The summed E-state index contributed by atoms with van der Waals surface area (Å²) >= 11 is 0. The second-order valence-electron chi connectivity index (χ2n) is 3.31. The molecule has 0 amide bonds. The Hall–Kier alpha value is -0.330. The van der Waals surface area contributed by atoms with Crippen LogP contribution in [0, 0.1) is 11.8 Å². The zero-order chi connectivity index (χ0) is 8.69. The molecule has 0 saturated heterocycles. The molecule has 0 rings (SSSR count). The average Bonchev–Trinajstić information content (AvgIpc) is 2.05. The van der Waals surface area contributed by atoms with Crippen molar-refractivity contribution in [1.82, 2.24) is 0 Å². The van der Waals surface area contributed by atoms with Crippen molar-refractivity contribution in [2.45, 2.75) is 46.5 Å². The lowest BCUT2D eigenvalue weighted by Gasteiger charge is -2.16. The zero-order valence-electron chi connectivity index (χ0n) is 7.97. The fraction of sp³-hybridized carbons (Fsp3) is 0.900. The van der Waals surface area contributed by atoms with Crippen LogP contribution in [0.4, 0.5) is 0 Å². The van der Waals surface area contributed by atoms with E-state index in [9.17, 15) is 4.79 Å². The number of rotatable bonds is 6. The molecule has 66 valence electrons. The predicted octanol–water partition coefficient (Wildman–Crippen LogP) is 3.04. The van der Waals surface area contributed by atoms with Gasteiger partial charge in [-0.1, -0.05) is 40.0 Å². The summed E-state index contributed by atoms with van der Waals surface area (Å²) in [4.78, 5) is 10.5. The van der Waals surface area contributed by atoms with Crippen molar-refractivity contribution in [2.75, 3.05) is 0 Å². The second-order valence-corrected chi connectivity index (χ2v) is 3.31. The lowest BCUT2D eigenvalue weighted by atomic mass is 9.88. The SMILES string of the molecule is CCCCC(CC)C(C)C=O. The molecule has 0 aliphatic carbocycles. The highest BCUT2D eigenvalue weighted by atomic mass is 16.1. The fourth-order valence-corrected chi connectivity index (χ4v) is 1.42. The van der Waals surface area contributed by atoms with Crippen LogP contribution in [-0.4, -0.2) is 6.29 Å². The van der Waals surface area contributed by atoms with Crippen molar-refractivity contribution >= 4 is 6.29 Å². The van der Waals surface area contributed by atoms with E-state index < -0.39 is 0 Å². The summed E-state index contributed by atoms with van der Waals surface area (Å²) in [7, 11) is 0. The lowest BCUT2D eigenvalue weighted by Crippen LogP contribution is -2.11. The maximum Gasteiger partial charge on any atom is 0.123 e. The number of carbonyl (C=O) groups excluding carboxylic acids is 1. The molecule has 0 radical (unpaired) electrons. The Morgan fingerprint density at radius 1 is 1.36 bits per heavy atom. The number of aldehydes is 1. The van der Waals surface area contributed by atoms with Gasteiger partial charge in [0.2, 0.25) is 0 Å². The van der Waals surface area contributed by atoms with Crippen LogP contribution in [0.3, 0.4) is 0 Å². The van der Waals surface area contributed by atoms with Crippen molar-refractivity contribution in [3.63, 3.8) is 0 Å². The molecule has 2 unspecified atom stereocenters. The summed E-state index contributed by atoms with van der Waals surface area (Å²) < 4.78 is 0. The molecule has 11 heavy (non-hydrogen) atoms. The van der Waals surface area contributed by atoms with Gasteiger partial charge < -0.3 is 4.79 Å². The van der Waals surface area contributed by atoms with Crippen LogP contribution < -0.4 is 0 Å². The van der Waals surface area contributed by atoms with E-state index in [0.29, 0.717) is 5.92 Å². The van der Waals surface area contributed by atoms with Crippen molar-refractivity contribution in [2.24, 2.45) is 11.8 Å². The Kier molecular flexibility index (Phi) is 6.19. The van der Waals surface area contributed by atoms with Crippen molar-refractivity contribution in [1.29, 1.82) is 0 Å². The minimum Gasteiger partial charge on any atom is -0.303 e. The van der Waals surface area contributed by atoms with Crippen molar-refractivity contribution in [3.05, 3.63) is 0 Å². The fourth-order valence-electron chi connectivity index (χ4n) is 1.42. The van der Waals surface area contributed by atoms with E-state index >= 15 is 0 Å². The van der Waals surface area contributed by atoms with Gasteiger partial charge in [0.25, 0.3) is 0 Å². The van der Waals surface area contributed by atoms with Gasteiger partial charge in [0, 0.05) is 5.92 Å². The number of unbranched alkanes of at least 4 members (excludes halogenated alkanes) is 1. The van der Waals surface area contributed by atoms with Gasteiger partial charge in [-0.2, -0.15) is 0 Å². The Morgan fingerprint density at radius 2 is 2.00 bits per heavy atom. The highest BCUT2D eigenvalue weighted by Crippen LogP contribution is 2.19. The molecule has 0 aromatic carbocycles. The molecular weight excluding hydrogens is 136 g/mol. The third-order valence-corrected chi connectivity index (χ3v) is 2.41. The topological polar surface area (TPSA) is 17.1 Å². The third kappa shape index (κ3) is 4.18. The van der Waals surface area contributed by atoms with E-state index in [1.54, 1.807) is 0 Å². The first-order chi connectivity index (χ1) is 5.26. The minimum atomic E-state index is 0.256. The molecule has 0 saturated carbocycles. The molecule has 0 N–H and O–H groups in total. The molecule has 1 heteroatoms. The molecule has 0 aliphatic rings. The summed E-state index contributed by atoms with van der Waals surface area (Å²) in [5, 5.41) is 0. The maximum absolute atomic E-state index is 10.5. The average molecular weight is 156 g/mol.